The third-order valence-corrected chi connectivity index (χ3v) is 2.83. The van der Waals surface area contributed by atoms with Crippen LogP contribution in [0.15, 0.2) is 36.4 Å². The van der Waals surface area contributed by atoms with Crippen LogP contribution < -0.4 is 4.74 Å². The van der Waals surface area contributed by atoms with Gasteiger partial charge in [0.15, 0.2) is 0 Å². The molecule has 0 amide bonds. The minimum absolute atomic E-state index is 0.232. The number of rotatable bonds is 5. The highest BCUT2D eigenvalue weighted by atomic mass is 35.5. The molecule has 5 heteroatoms. The first-order valence-corrected chi connectivity index (χ1v) is 6.42. The Bertz CT molecular complexity index is 621. The fourth-order valence-electron chi connectivity index (χ4n) is 1.65. The second-order valence-electron chi connectivity index (χ2n) is 4.12. The average Bonchev–Trinajstić information content (AvgIpc) is 2.46. The van der Waals surface area contributed by atoms with Crippen LogP contribution in [0.1, 0.15) is 11.1 Å². The summed E-state index contributed by atoms with van der Waals surface area (Å²) in [5, 5.41) is 9.10. The molecule has 0 radical (unpaired) electrons. The molecule has 4 nitrogen and oxygen atoms in total. The molecule has 0 spiro atoms. The highest BCUT2D eigenvalue weighted by Gasteiger charge is 2.04. The fourth-order valence-corrected chi connectivity index (χ4v) is 1.86. The topological polar surface area (TPSA) is 55.1 Å². The molecule has 0 bridgehead atoms. The van der Waals surface area contributed by atoms with Crippen LogP contribution in [0.25, 0.3) is 0 Å². The monoisotopic (exact) mass is 288 g/mol. The number of hydrogen-bond acceptors (Lipinski definition) is 4. The molecule has 2 rings (SSSR count). The van der Waals surface area contributed by atoms with E-state index in [0.717, 1.165) is 12.0 Å². The van der Waals surface area contributed by atoms with Crippen molar-refractivity contribution in [3.05, 3.63) is 52.7 Å². The molecule has 102 valence electrons. The zero-order valence-corrected chi connectivity index (χ0v) is 11.7. The van der Waals surface area contributed by atoms with E-state index in [1.807, 2.05) is 30.3 Å². The van der Waals surface area contributed by atoms with Gasteiger partial charge in [-0.05, 0) is 30.2 Å². The number of methoxy groups -OCH3 is 1. The number of aromatic nitrogens is 1. The van der Waals surface area contributed by atoms with Gasteiger partial charge in [-0.25, -0.2) is 4.98 Å². The van der Waals surface area contributed by atoms with Crippen LogP contribution in [0.5, 0.6) is 11.6 Å². The lowest BCUT2D eigenvalue weighted by molar-refractivity contribution is 0.202. The smallest absolute Gasteiger partial charge is 0.221 e. The summed E-state index contributed by atoms with van der Waals surface area (Å²) in [5.41, 5.74) is 1.58. The number of nitrogens with zero attached hydrogens (tertiary/aromatic N) is 2. The van der Waals surface area contributed by atoms with Crippen LogP contribution in [0.4, 0.5) is 0 Å². The lowest BCUT2D eigenvalue weighted by Gasteiger charge is -2.06. The average molecular weight is 289 g/mol. The Balaban J connectivity index is 2.10. The van der Waals surface area contributed by atoms with Gasteiger partial charge in [0, 0.05) is 13.2 Å². The standard InChI is InChI=1S/C15H13ClN2O2/c1-19-7-6-11-2-4-13(5-3-11)20-15-9-12(10-17)8-14(16)18-15/h2-5,8-9H,6-7H2,1H3. The number of nitriles is 1. The number of halogens is 1. The molecule has 0 aliphatic carbocycles. The van der Waals surface area contributed by atoms with Gasteiger partial charge in [-0.15, -0.1) is 0 Å². The maximum absolute atomic E-state index is 8.87. The lowest BCUT2D eigenvalue weighted by Crippen LogP contribution is -1.94. The molecule has 2 aromatic rings. The van der Waals surface area contributed by atoms with E-state index in [0.29, 0.717) is 23.8 Å². The largest absolute Gasteiger partial charge is 0.439 e. The van der Waals surface area contributed by atoms with E-state index in [2.05, 4.69) is 4.98 Å². The second kappa shape index (κ2) is 6.90. The summed E-state index contributed by atoms with van der Waals surface area (Å²) in [7, 11) is 1.68. The van der Waals surface area contributed by atoms with Crippen LogP contribution >= 0.6 is 11.6 Å². The summed E-state index contributed by atoms with van der Waals surface area (Å²) >= 11 is 5.82. The molecule has 0 unspecified atom stereocenters. The Morgan fingerprint density at radius 1 is 1.25 bits per heavy atom. The Labute approximate surface area is 122 Å². The number of ether oxygens (including phenoxy) is 2. The minimum atomic E-state index is 0.232. The highest BCUT2D eigenvalue weighted by Crippen LogP contribution is 2.23. The van der Waals surface area contributed by atoms with Crippen molar-refractivity contribution in [1.29, 1.82) is 5.26 Å². The van der Waals surface area contributed by atoms with Crippen molar-refractivity contribution in [3.8, 4) is 17.7 Å². The maximum Gasteiger partial charge on any atom is 0.221 e. The van der Waals surface area contributed by atoms with Crippen LogP contribution in [-0.4, -0.2) is 18.7 Å². The Morgan fingerprint density at radius 2 is 2.00 bits per heavy atom. The predicted molar refractivity (Wildman–Crippen MR) is 76.1 cm³/mol. The third kappa shape index (κ3) is 3.95. The SMILES string of the molecule is COCCc1ccc(Oc2cc(C#N)cc(Cl)n2)cc1. The van der Waals surface area contributed by atoms with E-state index in [1.165, 1.54) is 6.07 Å². The van der Waals surface area contributed by atoms with Crippen molar-refractivity contribution in [1.82, 2.24) is 4.98 Å². The molecule has 0 aliphatic rings. The molecule has 1 heterocycles. The second-order valence-corrected chi connectivity index (χ2v) is 4.50. The maximum atomic E-state index is 8.87. The van der Waals surface area contributed by atoms with Crippen molar-refractivity contribution in [2.45, 2.75) is 6.42 Å². The first kappa shape index (κ1) is 14.3. The Hall–Kier alpha value is -2.09. The van der Waals surface area contributed by atoms with E-state index in [1.54, 1.807) is 13.2 Å². The summed E-state index contributed by atoms with van der Waals surface area (Å²) in [6.07, 6.45) is 0.852. The first-order chi connectivity index (χ1) is 9.71. The number of benzene rings is 1. The first-order valence-electron chi connectivity index (χ1n) is 6.04. The number of hydrogen-bond donors (Lipinski definition) is 0. The van der Waals surface area contributed by atoms with Crippen molar-refractivity contribution in [2.24, 2.45) is 0 Å². The van der Waals surface area contributed by atoms with Gasteiger partial charge in [-0.2, -0.15) is 5.26 Å². The van der Waals surface area contributed by atoms with E-state index < -0.39 is 0 Å². The van der Waals surface area contributed by atoms with E-state index >= 15 is 0 Å². The number of pyridine rings is 1. The quantitative estimate of drug-likeness (QED) is 0.789. The van der Waals surface area contributed by atoms with Gasteiger partial charge in [-0.1, -0.05) is 23.7 Å². The van der Waals surface area contributed by atoms with Gasteiger partial charge in [-0.3, -0.25) is 0 Å². The minimum Gasteiger partial charge on any atom is -0.439 e. The summed E-state index contributed by atoms with van der Waals surface area (Å²) < 4.78 is 10.6. The van der Waals surface area contributed by atoms with E-state index in [4.69, 9.17) is 26.3 Å². The molecular formula is C15H13ClN2O2. The molecule has 0 saturated heterocycles. The predicted octanol–water partition coefficient (Wildman–Crippen LogP) is 3.59. The molecule has 0 fully saturated rings. The van der Waals surface area contributed by atoms with Gasteiger partial charge < -0.3 is 9.47 Å². The summed E-state index contributed by atoms with van der Waals surface area (Å²) in [6.45, 7) is 0.682. The van der Waals surface area contributed by atoms with Crippen LogP contribution in [0, 0.1) is 11.3 Å². The molecular weight excluding hydrogens is 276 g/mol. The zero-order chi connectivity index (χ0) is 14.4. The molecule has 1 aromatic carbocycles. The molecule has 20 heavy (non-hydrogen) atoms. The normalized spacial score (nSPS) is 10.1. The van der Waals surface area contributed by atoms with Gasteiger partial charge in [0.25, 0.3) is 0 Å². The van der Waals surface area contributed by atoms with E-state index in [-0.39, 0.29) is 5.15 Å². The fraction of sp³-hybridized carbons (Fsp3) is 0.200. The highest BCUT2D eigenvalue weighted by molar-refractivity contribution is 6.29. The van der Waals surface area contributed by atoms with Crippen LogP contribution in [0.3, 0.4) is 0 Å². The third-order valence-electron chi connectivity index (χ3n) is 2.64. The summed E-state index contributed by atoms with van der Waals surface area (Å²) in [4.78, 5) is 4.02. The van der Waals surface area contributed by atoms with Gasteiger partial charge in [0.05, 0.1) is 18.2 Å². The lowest BCUT2D eigenvalue weighted by atomic mass is 10.1. The molecule has 0 N–H and O–H groups in total. The van der Waals surface area contributed by atoms with Gasteiger partial charge >= 0.3 is 0 Å². The Morgan fingerprint density at radius 3 is 2.65 bits per heavy atom. The summed E-state index contributed by atoms with van der Waals surface area (Å²) in [6, 6.07) is 12.7. The zero-order valence-electron chi connectivity index (χ0n) is 11.0. The molecule has 0 saturated carbocycles. The van der Waals surface area contributed by atoms with Crippen molar-refractivity contribution >= 4 is 11.6 Å². The molecule has 1 aromatic heterocycles. The van der Waals surface area contributed by atoms with Crippen molar-refractivity contribution < 1.29 is 9.47 Å². The van der Waals surface area contributed by atoms with Gasteiger partial charge in [0.2, 0.25) is 5.88 Å². The van der Waals surface area contributed by atoms with Crippen molar-refractivity contribution in [3.63, 3.8) is 0 Å². The summed E-state index contributed by atoms with van der Waals surface area (Å²) in [5.74, 6) is 0.948. The van der Waals surface area contributed by atoms with Crippen LogP contribution in [0.2, 0.25) is 5.15 Å². The molecule has 0 aliphatic heterocycles. The Kier molecular flexibility index (Phi) is 4.94. The molecule has 0 atom stereocenters. The van der Waals surface area contributed by atoms with Crippen molar-refractivity contribution in [2.75, 3.05) is 13.7 Å². The van der Waals surface area contributed by atoms with E-state index in [9.17, 15) is 0 Å². The van der Waals surface area contributed by atoms with Crippen LogP contribution in [-0.2, 0) is 11.2 Å². The van der Waals surface area contributed by atoms with Gasteiger partial charge in [0.1, 0.15) is 10.9 Å².